The molecule has 0 spiro atoms. The van der Waals surface area contributed by atoms with Gasteiger partial charge >= 0.3 is 0 Å². The van der Waals surface area contributed by atoms with E-state index in [2.05, 4.69) is 5.32 Å². The number of para-hydroxylation sites is 1. The first kappa shape index (κ1) is 18.5. The molecule has 1 aliphatic rings. The third kappa shape index (κ3) is 3.38. The summed E-state index contributed by atoms with van der Waals surface area (Å²) in [7, 11) is 1.57. The Kier molecular flexibility index (Phi) is 4.87. The first-order chi connectivity index (χ1) is 14.1. The minimum absolute atomic E-state index is 0.0303. The lowest BCUT2D eigenvalue weighted by molar-refractivity contribution is -0.112. The number of ketones is 2. The van der Waals surface area contributed by atoms with Crippen molar-refractivity contribution in [2.75, 3.05) is 12.4 Å². The highest BCUT2D eigenvalue weighted by molar-refractivity contribution is 6.52. The molecule has 144 valence electrons. The second kappa shape index (κ2) is 7.64. The Morgan fingerprint density at radius 2 is 1.41 bits per heavy atom. The monoisotopic (exact) mass is 385 g/mol. The summed E-state index contributed by atoms with van der Waals surface area (Å²) < 4.78 is 5.22. The predicted octanol–water partition coefficient (Wildman–Crippen LogP) is 4.58. The molecule has 0 fully saturated rings. The van der Waals surface area contributed by atoms with Crippen molar-refractivity contribution in [2.24, 2.45) is 0 Å². The highest BCUT2D eigenvalue weighted by atomic mass is 16.5. The first-order valence-corrected chi connectivity index (χ1v) is 9.17. The number of hydrogen-bond donors (Lipinski definition) is 2. The molecule has 1 unspecified atom stereocenters. The second-order valence-corrected chi connectivity index (χ2v) is 6.68. The largest absolute Gasteiger partial charge is 0.507 e. The van der Waals surface area contributed by atoms with Crippen LogP contribution >= 0.6 is 0 Å². The Morgan fingerprint density at radius 3 is 2.07 bits per heavy atom. The maximum absolute atomic E-state index is 13.0. The number of aliphatic hydroxyl groups excluding tert-OH is 1. The normalized spacial score (nSPS) is 14.4. The van der Waals surface area contributed by atoms with Crippen LogP contribution in [0.4, 0.5) is 5.69 Å². The molecule has 1 atom stereocenters. The molecular weight excluding hydrogens is 366 g/mol. The maximum atomic E-state index is 13.0. The molecule has 2 N–H and O–H groups in total. The molecule has 5 nitrogen and oxygen atoms in total. The minimum Gasteiger partial charge on any atom is -0.507 e. The van der Waals surface area contributed by atoms with Gasteiger partial charge in [-0.3, -0.25) is 9.59 Å². The molecule has 0 bridgehead atoms. The fourth-order valence-electron chi connectivity index (χ4n) is 3.47. The van der Waals surface area contributed by atoms with Crippen molar-refractivity contribution < 1.29 is 19.4 Å². The average molecular weight is 385 g/mol. The Labute approximate surface area is 168 Å². The highest BCUT2D eigenvalue weighted by Crippen LogP contribution is 2.37. The van der Waals surface area contributed by atoms with Crippen LogP contribution in [0.25, 0.3) is 5.76 Å². The molecule has 3 aromatic carbocycles. The van der Waals surface area contributed by atoms with Gasteiger partial charge in [-0.1, -0.05) is 54.6 Å². The molecule has 0 saturated heterocycles. The van der Waals surface area contributed by atoms with E-state index < -0.39 is 17.6 Å². The van der Waals surface area contributed by atoms with Gasteiger partial charge in [0.1, 0.15) is 11.5 Å². The molecule has 0 aromatic heterocycles. The SMILES string of the molecule is COc1ccc(C(Nc2ccccc2)C2=C(O)c3ccccc3C(=O)C2=O)cc1. The summed E-state index contributed by atoms with van der Waals surface area (Å²) in [5, 5.41) is 14.2. The number of hydrogen-bond acceptors (Lipinski definition) is 5. The standard InChI is InChI=1S/C24H19NO4/c1-29-17-13-11-15(12-14-17)21(25-16-7-3-2-4-8-16)20-22(26)18-9-5-6-10-19(18)23(27)24(20)28/h2-14,21,25-26H,1H3. The van der Waals surface area contributed by atoms with Crippen molar-refractivity contribution in [3.63, 3.8) is 0 Å². The maximum Gasteiger partial charge on any atom is 0.235 e. The average Bonchev–Trinajstić information content (AvgIpc) is 2.78. The number of nitrogens with one attached hydrogen (secondary N) is 1. The van der Waals surface area contributed by atoms with Crippen molar-refractivity contribution in [1.29, 1.82) is 0 Å². The Morgan fingerprint density at radius 1 is 0.793 bits per heavy atom. The van der Waals surface area contributed by atoms with E-state index in [0.29, 0.717) is 11.3 Å². The lowest BCUT2D eigenvalue weighted by atomic mass is 9.83. The van der Waals surface area contributed by atoms with Gasteiger partial charge in [-0.15, -0.1) is 0 Å². The molecule has 0 radical (unpaired) electrons. The first-order valence-electron chi connectivity index (χ1n) is 9.17. The van der Waals surface area contributed by atoms with Crippen LogP contribution in [-0.2, 0) is 4.79 Å². The van der Waals surface area contributed by atoms with Crippen LogP contribution < -0.4 is 10.1 Å². The van der Waals surface area contributed by atoms with Gasteiger partial charge in [0, 0.05) is 16.8 Å². The number of carbonyl (C=O) groups excluding carboxylic acids is 2. The Bertz CT molecular complexity index is 1100. The summed E-state index contributed by atoms with van der Waals surface area (Å²) in [6, 6.07) is 22.4. The molecule has 0 saturated carbocycles. The topological polar surface area (TPSA) is 75.6 Å². The lowest BCUT2D eigenvalue weighted by Gasteiger charge is -2.26. The van der Waals surface area contributed by atoms with E-state index in [0.717, 1.165) is 11.3 Å². The summed E-state index contributed by atoms with van der Waals surface area (Å²) in [6.45, 7) is 0. The van der Waals surface area contributed by atoms with Crippen LogP contribution in [-0.4, -0.2) is 23.8 Å². The van der Waals surface area contributed by atoms with Gasteiger partial charge in [0.05, 0.1) is 18.7 Å². The summed E-state index contributed by atoms with van der Waals surface area (Å²) in [6.07, 6.45) is 0. The molecule has 29 heavy (non-hydrogen) atoms. The number of Topliss-reactive ketones (excluding diaryl/α,β-unsaturated/α-hetero) is 2. The van der Waals surface area contributed by atoms with Crippen molar-refractivity contribution >= 4 is 23.0 Å². The fraction of sp³-hybridized carbons (Fsp3) is 0.0833. The molecule has 0 amide bonds. The van der Waals surface area contributed by atoms with Crippen LogP contribution in [0, 0.1) is 0 Å². The van der Waals surface area contributed by atoms with E-state index >= 15 is 0 Å². The summed E-state index contributed by atoms with van der Waals surface area (Å²) in [4.78, 5) is 25.7. The molecule has 3 aromatic rings. The van der Waals surface area contributed by atoms with Crippen LogP contribution in [0.15, 0.2) is 84.4 Å². The Hall–Kier alpha value is -3.86. The number of rotatable bonds is 5. The number of ether oxygens (including phenoxy) is 1. The zero-order valence-corrected chi connectivity index (χ0v) is 15.8. The smallest absolute Gasteiger partial charge is 0.235 e. The minimum atomic E-state index is -0.717. The van der Waals surface area contributed by atoms with Gasteiger partial charge in [-0.2, -0.15) is 0 Å². The number of methoxy groups -OCH3 is 1. The second-order valence-electron chi connectivity index (χ2n) is 6.68. The fourth-order valence-corrected chi connectivity index (χ4v) is 3.47. The third-order valence-electron chi connectivity index (χ3n) is 4.96. The van der Waals surface area contributed by atoms with Gasteiger partial charge in [-0.05, 0) is 29.8 Å². The lowest BCUT2D eigenvalue weighted by Crippen LogP contribution is -2.30. The quantitative estimate of drug-likeness (QED) is 0.629. The molecular formula is C24H19NO4. The van der Waals surface area contributed by atoms with Crippen molar-refractivity contribution in [3.05, 3.63) is 101 Å². The summed E-state index contributed by atoms with van der Waals surface area (Å²) in [5.41, 5.74) is 2.08. The number of benzene rings is 3. The van der Waals surface area contributed by atoms with E-state index in [-0.39, 0.29) is 16.9 Å². The third-order valence-corrected chi connectivity index (χ3v) is 4.96. The van der Waals surface area contributed by atoms with E-state index in [1.165, 1.54) is 0 Å². The summed E-state index contributed by atoms with van der Waals surface area (Å²) in [5.74, 6) is -0.858. The summed E-state index contributed by atoms with van der Waals surface area (Å²) >= 11 is 0. The van der Waals surface area contributed by atoms with Gasteiger partial charge in [0.25, 0.3) is 0 Å². The van der Waals surface area contributed by atoms with Gasteiger partial charge < -0.3 is 15.2 Å². The van der Waals surface area contributed by atoms with Gasteiger partial charge in [0.2, 0.25) is 11.6 Å². The van der Waals surface area contributed by atoms with Crippen molar-refractivity contribution in [2.45, 2.75) is 6.04 Å². The van der Waals surface area contributed by atoms with E-state index in [4.69, 9.17) is 4.74 Å². The number of fused-ring (bicyclic) bond motifs is 1. The molecule has 4 rings (SSSR count). The van der Waals surface area contributed by atoms with Crippen molar-refractivity contribution in [1.82, 2.24) is 0 Å². The highest BCUT2D eigenvalue weighted by Gasteiger charge is 2.37. The molecule has 1 aliphatic carbocycles. The zero-order chi connectivity index (χ0) is 20.4. The number of carbonyl (C=O) groups is 2. The molecule has 5 heteroatoms. The zero-order valence-electron chi connectivity index (χ0n) is 15.8. The molecule has 0 heterocycles. The van der Waals surface area contributed by atoms with Crippen LogP contribution in [0.1, 0.15) is 27.5 Å². The van der Waals surface area contributed by atoms with E-state index in [1.54, 1.807) is 55.6 Å². The van der Waals surface area contributed by atoms with Crippen LogP contribution in [0.5, 0.6) is 5.75 Å². The Balaban J connectivity index is 1.87. The van der Waals surface area contributed by atoms with E-state index in [1.807, 2.05) is 30.3 Å². The van der Waals surface area contributed by atoms with E-state index in [9.17, 15) is 14.7 Å². The number of aliphatic hydroxyl groups is 1. The molecule has 0 aliphatic heterocycles. The van der Waals surface area contributed by atoms with Gasteiger partial charge in [0.15, 0.2) is 0 Å². The van der Waals surface area contributed by atoms with Crippen LogP contribution in [0.2, 0.25) is 0 Å². The van der Waals surface area contributed by atoms with Gasteiger partial charge in [-0.25, -0.2) is 0 Å². The van der Waals surface area contributed by atoms with Crippen molar-refractivity contribution in [3.8, 4) is 5.75 Å². The number of anilines is 1. The predicted molar refractivity (Wildman–Crippen MR) is 111 cm³/mol. The van der Waals surface area contributed by atoms with Crippen LogP contribution in [0.3, 0.4) is 0 Å².